The number of hydrogen-bond donors (Lipinski definition) is 3. The fourth-order valence-electron chi connectivity index (χ4n) is 2.14. The van der Waals surface area contributed by atoms with Gasteiger partial charge in [0.05, 0.1) is 6.54 Å². The van der Waals surface area contributed by atoms with Gasteiger partial charge in [0.1, 0.15) is 17.8 Å². The molecule has 3 N–H and O–H groups in total. The van der Waals surface area contributed by atoms with Crippen LogP contribution in [0.25, 0.3) is 5.70 Å². The van der Waals surface area contributed by atoms with Crippen molar-refractivity contribution in [2.75, 3.05) is 20.6 Å². The van der Waals surface area contributed by atoms with E-state index in [1.54, 1.807) is 0 Å². The standard InChI is InChI=1S/C10H11NO3.C9H8F5N/c1-7(11-2-3-12)8-4-9(13)6-10(14)5-8;1-15(2)3-4-5(10)7(12)9(14)8(13)6(4)11/h3-6,11,13-14H,1-2H2;3H2,1-2H3. The van der Waals surface area contributed by atoms with Crippen LogP contribution in [0.5, 0.6) is 11.5 Å². The van der Waals surface area contributed by atoms with Gasteiger partial charge in [0.15, 0.2) is 23.3 Å². The molecular weight excluding hydrogens is 399 g/mol. The Labute approximate surface area is 163 Å². The number of halogens is 5. The van der Waals surface area contributed by atoms with Crippen molar-refractivity contribution in [3.8, 4) is 11.5 Å². The van der Waals surface area contributed by atoms with Crippen LogP contribution in [0.3, 0.4) is 0 Å². The van der Waals surface area contributed by atoms with Gasteiger partial charge in [0.2, 0.25) is 5.82 Å². The second-order valence-corrected chi connectivity index (χ2v) is 6.05. The summed E-state index contributed by atoms with van der Waals surface area (Å²) in [4.78, 5) is 11.4. The third-order valence-electron chi connectivity index (χ3n) is 3.42. The van der Waals surface area contributed by atoms with Gasteiger partial charge >= 0.3 is 0 Å². The number of phenols is 2. The van der Waals surface area contributed by atoms with Gasteiger partial charge in [-0.3, -0.25) is 0 Å². The van der Waals surface area contributed by atoms with Crippen molar-refractivity contribution in [2.45, 2.75) is 6.54 Å². The van der Waals surface area contributed by atoms with Crippen molar-refractivity contribution in [3.63, 3.8) is 0 Å². The average Bonchev–Trinajstić information content (AvgIpc) is 2.66. The lowest BCUT2D eigenvalue weighted by Gasteiger charge is -2.12. The largest absolute Gasteiger partial charge is 0.508 e. The summed E-state index contributed by atoms with van der Waals surface area (Å²) in [7, 11) is 2.91. The number of hydrogen-bond acceptors (Lipinski definition) is 5. The molecule has 0 radical (unpaired) electrons. The molecule has 0 saturated heterocycles. The number of aldehydes is 1. The zero-order valence-corrected chi connectivity index (χ0v) is 15.6. The van der Waals surface area contributed by atoms with Crippen LogP contribution in [0.1, 0.15) is 11.1 Å². The lowest BCUT2D eigenvalue weighted by atomic mass is 10.1. The molecule has 0 aliphatic carbocycles. The molecule has 0 fully saturated rings. The second kappa shape index (κ2) is 10.4. The van der Waals surface area contributed by atoms with Crippen molar-refractivity contribution in [3.05, 3.63) is 65.0 Å². The van der Waals surface area contributed by atoms with E-state index in [-0.39, 0.29) is 24.6 Å². The van der Waals surface area contributed by atoms with E-state index in [1.165, 1.54) is 37.2 Å². The Morgan fingerprint density at radius 1 is 0.966 bits per heavy atom. The quantitative estimate of drug-likeness (QED) is 0.291. The van der Waals surface area contributed by atoms with Gasteiger partial charge in [0.25, 0.3) is 0 Å². The van der Waals surface area contributed by atoms with Crippen molar-refractivity contribution >= 4 is 12.0 Å². The molecule has 0 spiro atoms. The van der Waals surface area contributed by atoms with Crippen LogP contribution in [0.4, 0.5) is 22.0 Å². The van der Waals surface area contributed by atoms with Crippen LogP contribution in [0, 0.1) is 29.1 Å². The van der Waals surface area contributed by atoms with Crippen molar-refractivity contribution in [2.24, 2.45) is 0 Å². The monoisotopic (exact) mass is 418 g/mol. The summed E-state index contributed by atoms with van der Waals surface area (Å²) in [5, 5.41) is 21.1. The fraction of sp³-hybridized carbons (Fsp3) is 0.211. The molecule has 5 nitrogen and oxygen atoms in total. The third-order valence-corrected chi connectivity index (χ3v) is 3.42. The van der Waals surface area contributed by atoms with E-state index in [9.17, 15) is 26.7 Å². The summed E-state index contributed by atoms with van der Waals surface area (Å²) in [5.41, 5.74) is 0.198. The second-order valence-electron chi connectivity index (χ2n) is 6.05. The first-order valence-electron chi connectivity index (χ1n) is 8.04. The smallest absolute Gasteiger partial charge is 0.200 e. The minimum Gasteiger partial charge on any atom is -0.508 e. The van der Waals surface area contributed by atoms with Crippen molar-refractivity contribution in [1.82, 2.24) is 10.2 Å². The van der Waals surface area contributed by atoms with E-state index in [2.05, 4.69) is 11.9 Å². The summed E-state index contributed by atoms with van der Waals surface area (Å²) in [6.45, 7) is 3.45. The molecule has 2 aromatic rings. The minimum atomic E-state index is -2.13. The molecule has 0 amide bonds. The summed E-state index contributed by atoms with van der Waals surface area (Å²) < 4.78 is 64.0. The molecule has 0 unspecified atom stereocenters. The molecule has 0 saturated carbocycles. The Bertz CT molecular complexity index is 855. The van der Waals surface area contributed by atoms with Gasteiger partial charge in [-0.25, -0.2) is 22.0 Å². The van der Waals surface area contributed by atoms with Gasteiger partial charge in [-0.2, -0.15) is 0 Å². The molecular formula is C19H19F5N2O3. The Balaban J connectivity index is 0.000000291. The van der Waals surface area contributed by atoms with Crippen LogP contribution in [0.2, 0.25) is 0 Å². The normalized spacial score (nSPS) is 10.3. The average molecular weight is 418 g/mol. The first kappa shape index (κ1) is 23.9. The van der Waals surface area contributed by atoms with Gasteiger partial charge < -0.3 is 25.2 Å². The zero-order chi connectivity index (χ0) is 22.3. The first-order valence-corrected chi connectivity index (χ1v) is 8.04. The lowest BCUT2D eigenvalue weighted by Crippen LogP contribution is -2.16. The number of carbonyl (C=O) groups is 1. The van der Waals surface area contributed by atoms with E-state index < -0.39 is 34.6 Å². The van der Waals surface area contributed by atoms with Crippen molar-refractivity contribution in [1.29, 1.82) is 0 Å². The third kappa shape index (κ3) is 6.46. The molecule has 10 heteroatoms. The van der Waals surface area contributed by atoms with Gasteiger partial charge in [0, 0.05) is 29.4 Å². The molecule has 0 aliphatic heterocycles. The van der Waals surface area contributed by atoms with E-state index in [4.69, 9.17) is 10.2 Å². The summed E-state index contributed by atoms with van der Waals surface area (Å²) in [6.07, 6.45) is 0.702. The van der Waals surface area contributed by atoms with Crippen LogP contribution < -0.4 is 5.32 Å². The van der Waals surface area contributed by atoms with Crippen molar-refractivity contribution < 1.29 is 37.0 Å². The van der Waals surface area contributed by atoms with E-state index in [1.807, 2.05) is 0 Å². The first-order chi connectivity index (χ1) is 13.5. The Morgan fingerprint density at radius 3 is 1.83 bits per heavy atom. The van der Waals surface area contributed by atoms with E-state index >= 15 is 0 Å². The SMILES string of the molecule is C=C(NCC=O)c1cc(O)cc(O)c1.CN(C)Cc1c(F)c(F)c(F)c(F)c1F. The zero-order valence-electron chi connectivity index (χ0n) is 15.6. The number of nitrogens with one attached hydrogen (secondary N) is 1. The highest BCUT2D eigenvalue weighted by Crippen LogP contribution is 2.24. The molecule has 0 bridgehead atoms. The summed E-state index contributed by atoms with van der Waals surface area (Å²) in [5.74, 6) is -9.60. The summed E-state index contributed by atoms with van der Waals surface area (Å²) in [6, 6.07) is 4.11. The van der Waals surface area contributed by atoms with Crippen LogP contribution in [0.15, 0.2) is 24.8 Å². The maximum atomic E-state index is 13.0. The predicted molar refractivity (Wildman–Crippen MR) is 96.5 cm³/mol. The number of phenolic OH excluding ortho intramolecular Hbond substituents is 2. The molecule has 0 aromatic heterocycles. The minimum absolute atomic E-state index is 0.0472. The number of carbonyl (C=O) groups excluding carboxylic acids is 1. The number of benzene rings is 2. The molecule has 0 atom stereocenters. The molecule has 29 heavy (non-hydrogen) atoms. The molecule has 2 rings (SSSR count). The Kier molecular flexibility index (Phi) is 8.58. The molecule has 2 aromatic carbocycles. The predicted octanol–water partition coefficient (Wildman–Crippen LogP) is 3.30. The van der Waals surface area contributed by atoms with Crippen LogP contribution in [-0.2, 0) is 11.3 Å². The van der Waals surface area contributed by atoms with Crippen LogP contribution >= 0.6 is 0 Å². The maximum absolute atomic E-state index is 13.0. The van der Waals surface area contributed by atoms with E-state index in [0.717, 1.165) is 0 Å². The highest BCUT2D eigenvalue weighted by Gasteiger charge is 2.25. The highest BCUT2D eigenvalue weighted by atomic mass is 19.2. The number of rotatable bonds is 6. The van der Waals surface area contributed by atoms with Crippen LogP contribution in [-0.4, -0.2) is 42.0 Å². The van der Waals surface area contributed by atoms with Gasteiger partial charge in [-0.15, -0.1) is 0 Å². The molecule has 0 aliphatic rings. The summed E-state index contributed by atoms with van der Waals surface area (Å²) >= 11 is 0. The number of aromatic hydroxyl groups is 2. The van der Waals surface area contributed by atoms with Gasteiger partial charge in [-0.1, -0.05) is 6.58 Å². The maximum Gasteiger partial charge on any atom is 0.200 e. The number of nitrogens with zero attached hydrogens (tertiary/aromatic N) is 1. The van der Waals surface area contributed by atoms with E-state index in [0.29, 0.717) is 17.5 Å². The fourth-order valence-corrected chi connectivity index (χ4v) is 2.14. The Hall–Kier alpha value is -3.14. The van der Waals surface area contributed by atoms with Gasteiger partial charge in [-0.05, 0) is 26.2 Å². The Morgan fingerprint density at radius 2 is 1.41 bits per heavy atom. The highest BCUT2D eigenvalue weighted by molar-refractivity contribution is 5.67. The lowest BCUT2D eigenvalue weighted by molar-refractivity contribution is -0.107. The molecule has 0 heterocycles. The molecule has 158 valence electrons. The topological polar surface area (TPSA) is 72.8 Å².